The molecule has 0 radical (unpaired) electrons. The molecule has 3 nitrogen and oxygen atoms in total. The molecule has 1 saturated heterocycles. The third kappa shape index (κ3) is 3.71. The molecular formula is C25H30N2O. The molecule has 28 heavy (non-hydrogen) atoms. The molecule has 0 unspecified atom stereocenters. The Morgan fingerprint density at radius 2 is 1.75 bits per heavy atom. The molecule has 3 heteroatoms. The Balaban J connectivity index is 1.70. The quantitative estimate of drug-likeness (QED) is 0.611. The zero-order valence-electron chi connectivity index (χ0n) is 17.2. The Bertz CT molecular complexity index is 962. The maximum Gasteiger partial charge on any atom is 0.223 e. The van der Waals surface area contributed by atoms with Gasteiger partial charge < -0.3 is 9.47 Å². The van der Waals surface area contributed by atoms with E-state index in [-0.39, 0.29) is 11.8 Å². The van der Waals surface area contributed by atoms with Gasteiger partial charge in [-0.3, -0.25) is 4.79 Å². The van der Waals surface area contributed by atoms with Crippen molar-refractivity contribution in [1.82, 2.24) is 9.47 Å². The molecule has 1 aromatic heterocycles. The first-order valence-electron chi connectivity index (χ1n) is 10.4. The smallest absolute Gasteiger partial charge is 0.223 e. The Morgan fingerprint density at radius 1 is 1.07 bits per heavy atom. The lowest BCUT2D eigenvalue weighted by Crippen LogP contribution is -2.38. The van der Waals surface area contributed by atoms with Gasteiger partial charge in [0.05, 0.1) is 0 Å². The fraction of sp³-hybridized carbons (Fsp3) is 0.400. The third-order valence-electron chi connectivity index (χ3n) is 6.30. The lowest BCUT2D eigenvalue weighted by Gasteiger charge is -2.31. The molecule has 0 N–H and O–H groups in total. The van der Waals surface area contributed by atoms with Gasteiger partial charge in [-0.2, -0.15) is 0 Å². The van der Waals surface area contributed by atoms with Crippen molar-refractivity contribution in [1.29, 1.82) is 0 Å². The predicted molar refractivity (Wildman–Crippen MR) is 116 cm³/mol. The summed E-state index contributed by atoms with van der Waals surface area (Å²) in [6, 6.07) is 17.2. The van der Waals surface area contributed by atoms with E-state index in [2.05, 4.69) is 85.1 Å². The number of rotatable bonds is 4. The molecule has 3 aromatic rings. The van der Waals surface area contributed by atoms with E-state index in [1.165, 1.54) is 27.6 Å². The summed E-state index contributed by atoms with van der Waals surface area (Å²) in [6.07, 6.45) is 4.98. The van der Waals surface area contributed by atoms with Gasteiger partial charge in [-0.25, -0.2) is 0 Å². The van der Waals surface area contributed by atoms with Crippen molar-refractivity contribution in [2.45, 2.75) is 39.0 Å². The molecular weight excluding hydrogens is 344 g/mol. The lowest BCUT2D eigenvalue weighted by atomic mass is 9.87. The van der Waals surface area contributed by atoms with Gasteiger partial charge in [-0.15, -0.1) is 0 Å². The van der Waals surface area contributed by atoms with E-state index in [9.17, 15) is 4.79 Å². The van der Waals surface area contributed by atoms with Gasteiger partial charge >= 0.3 is 0 Å². The number of aryl methyl sites for hydroxylation is 2. The molecule has 146 valence electrons. The zero-order chi connectivity index (χ0) is 19.7. The summed E-state index contributed by atoms with van der Waals surface area (Å²) >= 11 is 0. The number of para-hydroxylation sites is 1. The van der Waals surface area contributed by atoms with Gasteiger partial charge in [0.25, 0.3) is 0 Å². The topological polar surface area (TPSA) is 25.2 Å². The highest BCUT2D eigenvalue weighted by atomic mass is 16.2. The number of benzene rings is 2. The highest BCUT2D eigenvalue weighted by molar-refractivity contribution is 5.86. The maximum atomic E-state index is 13.2. The van der Waals surface area contributed by atoms with Crippen LogP contribution in [0.3, 0.4) is 0 Å². The normalized spacial score (nSPS) is 16.5. The summed E-state index contributed by atoms with van der Waals surface area (Å²) in [6.45, 7) is 6.19. The highest BCUT2D eigenvalue weighted by Gasteiger charge is 2.26. The first kappa shape index (κ1) is 18.8. The van der Waals surface area contributed by atoms with Gasteiger partial charge in [0.1, 0.15) is 0 Å². The molecule has 0 saturated carbocycles. The van der Waals surface area contributed by atoms with Crippen LogP contribution in [0.1, 0.15) is 48.8 Å². The molecule has 0 bridgehead atoms. The van der Waals surface area contributed by atoms with Crippen molar-refractivity contribution in [3.05, 3.63) is 71.4 Å². The van der Waals surface area contributed by atoms with E-state index in [1.54, 1.807) is 0 Å². The second kappa shape index (κ2) is 7.83. The average molecular weight is 375 g/mol. The van der Waals surface area contributed by atoms with Crippen LogP contribution in [0.4, 0.5) is 0 Å². The number of likely N-dealkylation sites (tertiary alicyclic amines) is 1. The average Bonchev–Trinajstić information content (AvgIpc) is 3.04. The number of aromatic nitrogens is 1. The Morgan fingerprint density at radius 3 is 2.46 bits per heavy atom. The van der Waals surface area contributed by atoms with Crippen molar-refractivity contribution < 1.29 is 4.79 Å². The van der Waals surface area contributed by atoms with Crippen molar-refractivity contribution in [2.75, 3.05) is 13.1 Å². The summed E-state index contributed by atoms with van der Waals surface area (Å²) in [4.78, 5) is 15.3. The number of piperidine rings is 1. The van der Waals surface area contributed by atoms with Crippen molar-refractivity contribution in [2.24, 2.45) is 13.0 Å². The van der Waals surface area contributed by atoms with Crippen LogP contribution in [-0.2, 0) is 11.8 Å². The van der Waals surface area contributed by atoms with E-state index in [4.69, 9.17) is 0 Å². The van der Waals surface area contributed by atoms with Crippen LogP contribution >= 0.6 is 0 Å². The molecule has 1 aliphatic rings. The highest BCUT2D eigenvalue weighted by Crippen LogP contribution is 2.35. The minimum Gasteiger partial charge on any atom is -0.350 e. The Hall–Kier alpha value is -2.55. The monoisotopic (exact) mass is 374 g/mol. The van der Waals surface area contributed by atoms with E-state index < -0.39 is 0 Å². The number of hydrogen-bond acceptors (Lipinski definition) is 1. The van der Waals surface area contributed by atoms with E-state index >= 15 is 0 Å². The van der Waals surface area contributed by atoms with E-state index in [0.29, 0.717) is 6.42 Å². The van der Waals surface area contributed by atoms with Crippen molar-refractivity contribution in [3.8, 4) is 0 Å². The van der Waals surface area contributed by atoms with Gasteiger partial charge in [-0.1, -0.05) is 55.0 Å². The van der Waals surface area contributed by atoms with Crippen molar-refractivity contribution >= 4 is 16.8 Å². The lowest BCUT2D eigenvalue weighted by molar-refractivity contribution is -0.132. The Kier molecular flexibility index (Phi) is 5.25. The molecule has 1 fully saturated rings. The first-order chi connectivity index (χ1) is 13.5. The van der Waals surface area contributed by atoms with Crippen LogP contribution < -0.4 is 0 Å². The van der Waals surface area contributed by atoms with Crippen LogP contribution in [0, 0.1) is 12.8 Å². The number of amides is 1. The predicted octanol–water partition coefficient (Wildman–Crippen LogP) is 5.27. The molecule has 1 amide bonds. The molecule has 2 aromatic carbocycles. The van der Waals surface area contributed by atoms with E-state index in [1.807, 2.05) is 0 Å². The van der Waals surface area contributed by atoms with Gasteiger partial charge in [-0.05, 0) is 42.9 Å². The largest absolute Gasteiger partial charge is 0.350 e. The standard InChI is InChI=1S/C25H30N2O/c1-18-8-10-20(11-9-18)22(16-25(28)27-14-12-19(2)13-15-27)23-17-26(3)24-7-5-4-6-21(23)24/h4-11,17,19,22H,12-16H2,1-3H3/t22-/m1/s1. The fourth-order valence-electron chi connectivity index (χ4n) is 4.42. The molecule has 0 spiro atoms. The number of nitrogens with zero attached hydrogens (tertiary/aromatic N) is 2. The fourth-order valence-corrected chi connectivity index (χ4v) is 4.42. The van der Waals surface area contributed by atoms with Gasteiger partial charge in [0.15, 0.2) is 0 Å². The second-order valence-electron chi connectivity index (χ2n) is 8.44. The number of carbonyl (C=O) groups is 1. The summed E-state index contributed by atoms with van der Waals surface area (Å²) in [5, 5.41) is 1.25. The molecule has 0 aliphatic carbocycles. The van der Waals surface area contributed by atoms with Crippen LogP contribution in [0.25, 0.3) is 10.9 Å². The number of fused-ring (bicyclic) bond motifs is 1. The summed E-state index contributed by atoms with van der Waals surface area (Å²) in [5.41, 5.74) is 4.94. The Labute approximate surface area is 168 Å². The van der Waals surface area contributed by atoms with E-state index in [0.717, 1.165) is 31.8 Å². The van der Waals surface area contributed by atoms with Crippen LogP contribution in [0.2, 0.25) is 0 Å². The third-order valence-corrected chi connectivity index (χ3v) is 6.30. The summed E-state index contributed by atoms with van der Waals surface area (Å²) < 4.78 is 2.18. The zero-order valence-corrected chi connectivity index (χ0v) is 17.2. The number of hydrogen-bond donors (Lipinski definition) is 0. The van der Waals surface area contributed by atoms with Gasteiger partial charge in [0.2, 0.25) is 5.91 Å². The first-order valence-corrected chi connectivity index (χ1v) is 10.4. The maximum absolute atomic E-state index is 13.2. The van der Waals surface area contributed by atoms with Crippen LogP contribution in [-0.4, -0.2) is 28.5 Å². The van der Waals surface area contributed by atoms with Crippen LogP contribution in [0.5, 0.6) is 0 Å². The van der Waals surface area contributed by atoms with Gasteiger partial charge in [0, 0.05) is 49.6 Å². The SMILES string of the molecule is Cc1ccc([C@@H](CC(=O)N2CCC(C)CC2)c2cn(C)c3ccccc23)cc1. The minimum atomic E-state index is 0.0820. The minimum absolute atomic E-state index is 0.0820. The molecule has 1 aliphatic heterocycles. The summed E-state index contributed by atoms with van der Waals surface area (Å²) in [7, 11) is 2.09. The van der Waals surface area contributed by atoms with Crippen molar-refractivity contribution in [3.63, 3.8) is 0 Å². The number of carbonyl (C=O) groups excluding carboxylic acids is 1. The van der Waals surface area contributed by atoms with Crippen LogP contribution in [0.15, 0.2) is 54.7 Å². The molecule has 4 rings (SSSR count). The molecule has 1 atom stereocenters. The summed E-state index contributed by atoms with van der Waals surface area (Å²) in [5.74, 6) is 1.10. The second-order valence-corrected chi connectivity index (χ2v) is 8.44. The molecule has 2 heterocycles.